The summed E-state index contributed by atoms with van der Waals surface area (Å²) in [6.45, 7) is 9.18. The maximum Gasteiger partial charge on any atom is 0.317 e. The smallest absolute Gasteiger partial charge is 0.317 e. The highest BCUT2D eigenvalue weighted by molar-refractivity contribution is 5.94. The molecule has 0 heterocycles. The summed E-state index contributed by atoms with van der Waals surface area (Å²) in [6, 6.07) is 8.13. The molecule has 1 aliphatic carbocycles. The molecule has 24 heavy (non-hydrogen) atoms. The number of hydrogen-bond donors (Lipinski definition) is 2. The van der Waals surface area contributed by atoms with Crippen LogP contribution in [0.15, 0.2) is 24.3 Å². The van der Waals surface area contributed by atoms with Gasteiger partial charge in [0.2, 0.25) is 0 Å². The molecule has 0 unspecified atom stereocenters. The summed E-state index contributed by atoms with van der Waals surface area (Å²) in [4.78, 5) is 25.1. The Kier molecular flexibility index (Phi) is 5.65. The van der Waals surface area contributed by atoms with E-state index in [2.05, 4.69) is 26.1 Å². The van der Waals surface area contributed by atoms with Gasteiger partial charge in [-0.3, -0.25) is 14.5 Å². The van der Waals surface area contributed by atoms with Gasteiger partial charge >= 0.3 is 5.97 Å². The van der Waals surface area contributed by atoms with Crippen molar-refractivity contribution in [3.05, 3.63) is 35.4 Å². The average Bonchev–Trinajstić information content (AvgIpc) is 2.47. The Labute approximate surface area is 144 Å². The third-order valence-corrected chi connectivity index (χ3v) is 4.72. The minimum Gasteiger partial charge on any atom is -0.480 e. The molecule has 0 saturated heterocycles. The Bertz CT molecular complexity index is 584. The standard InChI is InChI=1S/C19H28N2O3/c1-5-21(12-17(22)23)16-10-15(11-16)20-18(24)13-6-8-14(9-7-13)19(2,3)4/h6-9,15-16H,5,10-12H2,1-4H3,(H,20,24)(H,22,23). The number of hydrogen-bond acceptors (Lipinski definition) is 3. The highest BCUT2D eigenvalue weighted by Gasteiger charge is 2.34. The van der Waals surface area contributed by atoms with Crippen LogP contribution in [0.4, 0.5) is 0 Å². The van der Waals surface area contributed by atoms with Gasteiger partial charge in [0, 0.05) is 17.6 Å². The average molecular weight is 332 g/mol. The first-order valence-electron chi connectivity index (χ1n) is 8.58. The number of benzene rings is 1. The van der Waals surface area contributed by atoms with Gasteiger partial charge in [-0.15, -0.1) is 0 Å². The summed E-state index contributed by atoms with van der Waals surface area (Å²) in [6.07, 6.45) is 1.62. The molecule has 1 amide bonds. The molecule has 1 saturated carbocycles. The number of carbonyl (C=O) groups excluding carboxylic acids is 1. The van der Waals surface area contributed by atoms with Gasteiger partial charge in [-0.2, -0.15) is 0 Å². The fourth-order valence-corrected chi connectivity index (χ4v) is 3.07. The van der Waals surface area contributed by atoms with E-state index >= 15 is 0 Å². The maximum atomic E-state index is 12.3. The molecule has 5 heteroatoms. The lowest BCUT2D eigenvalue weighted by Gasteiger charge is -2.42. The largest absolute Gasteiger partial charge is 0.480 e. The highest BCUT2D eigenvalue weighted by Crippen LogP contribution is 2.26. The molecule has 1 aliphatic rings. The summed E-state index contributed by atoms with van der Waals surface area (Å²) in [7, 11) is 0. The van der Waals surface area contributed by atoms with Crippen molar-refractivity contribution in [1.29, 1.82) is 0 Å². The number of carbonyl (C=O) groups is 2. The zero-order valence-electron chi connectivity index (χ0n) is 15.0. The third-order valence-electron chi connectivity index (χ3n) is 4.72. The van der Waals surface area contributed by atoms with Gasteiger partial charge < -0.3 is 10.4 Å². The molecular weight excluding hydrogens is 304 g/mol. The molecule has 2 rings (SSSR count). The van der Waals surface area contributed by atoms with Gasteiger partial charge in [0.25, 0.3) is 5.91 Å². The van der Waals surface area contributed by atoms with E-state index < -0.39 is 5.97 Å². The lowest BCUT2D eigenvalue weighted by atomic mass is 9.85. The van der Waals surface area contributed by atoms with Crippen molar-refractivity contribution in [1.82, 2.24) is 10.2 Å². The van der Waals surface area contributed by atoms with Gasteiger partial charge in [-0.1, -0.05) is 39.8 Å². The first-order valence-corrected chi connectivity index (χ1v) is 8.58. The Balaban J connectivity index is 1.85. The van der Waals surface area contributed by atoms with Gasteiger partial charge in [0.05, 0.1) is 6.54 Å². The van der Waals surface area contributed by atoms with Crippen molar-refractivity contribution >= 4 is 11.9 Å². The number of carboxylic acids is 1. The first kappa shape index (κ1) is 18.5. The minimum atomic E-state index is -0.803. The second kappa shape index (κ2) is 7.34. The van der Waals surface area contributed by atoms with Crippen molar-refractivity contribution in [3.8, 4) is 0 Å². The second-order valence-corrected chi connectivity index (χ2v) is 7.58. The van der Waals surface area contributed by atoms with Crippen LogP contribution in [0.1, 0.15) is 56.5 Å². The summed E-state index contributed by atoms with van der Waals surface area (Å²) < 4.78 is 0. The molecule has 5 nitrogen and oxygen atoms in total. The van der Waals surface area contributed by atoms with E-state index in [-0.39, 0.29) is 30.0 Å². The van der Waals surface area contributed by atoms with Gasteiger partial charge in [-0.05, 0) is 42.5 Å². The Morgan fingerprint density at radius 2 is 1.79 bits per heavy atom. The van der Waals surface area contributed by atoms with Crippen LogP contribution < -0.4 is 5.32 Å². The molecule has 1 aromatic rings. The third kappa shape index (κ3) is 4.57. The van der Waals surface area contributed by atoms with Crippen molar-refractivity contribution < 1.29 is 14.7 Å². The fourth-order valence-electron chi connectivity index (χ4n) is 3.07. The molecule has 0 atom stereocenters. The fraction of sp³-hybridized carbons (Fsp3) is 0.579. The van der Waals surface area contributed by atoms with Crippen LogP contribution in [0.25, 0.3) is 0 Å². The van der Waals surface area contributed by atoms with E-state index in [4.69, 9.17) is 5.11 Å². The molecule has 132 valence electrons. The number of nitrogens with one attached hydrogen (secondary N) is 1. The topological polar surface area (TPSA) is 69.6 Å². The van der Waals surface area contributed by atoms with Gasteiger partial charge in [0.1, 0.15) is 0 Å². The number of carboxylic acid groups (broad SMARTS) is 1. The number of amides is 1. The van der Waals surface area contributed by atoms with Gasteiger partial charge in [-0.25, -0.2) is 0 Å². The van der Waals surface area contributed by atoms with E-state index in [0.717, 1.165) is 12.8 Å². The van der Waals surface area contributed by atoms with E-state index in [0.29, 0.717) is 12.1 Å². The van der Waals surface area contributed by atoms with E-state index in [9.17, 15) is 9.59 Å². The number of aliphatic carboxylic acids is 1. The molecule has 0 aliphatic heterocycles. The molecule has 1 fully saturated rings. The van der Waals surface area contributed by atoms with Crippen molar-refractivity contribution in [2.24, 2.45) is 0 Å². The van der Waals surface area contributed by atoms with E-state index in [1.54, 1.807) is 0 Å². The van der Waals surface area contributed by atoms with Crippen molar-refractivity contribution in [3.63, 3.8) is 0 Å². The predicted octanol–water partition coefficient (Wildman–Crippen LogP) is 2.65. The minimum absolute atomic E-state index is 0.0554. The maximum absolute atomic E-state index is 12.3. The quantitative estimate of drug-likeness (QED) is 0.840. The van der Waals surface area contributed by atoms with Crippen LogP contribution in [0.3, 0.4) is 0 Å². The number of nitrogens with zero attached hydrogens (tertiary/aromatic N) is 1. The van der Waals surface area contributed by atoms with Gasteiger partial charge in [0.15, 0.2) is 0 Å². The molecule has 0 radical (unpaired) electrons. The summed E-state index contributed by atoms with van der Waals surface area (Å²) >= 11 is 0. The summed E-state index contributed by atoms with van der Waals surface area (Å²) in [5.74, 6) is -0.858. The van der Waals surface area contributed by atoms with Crippen LogP contribution in [0.2, 0.25) is 0 Å². The lowest BCUT2D eigenvalue weighted by Crippen LogP contribution is -2.54. The second-order valence-electron chi connectivity index (χ2n) is 7.58. The molecule has 0 spiro atoms. The Morgan fingerprint density at radius 1 is 1.21 bits per heavy atom. The number of rotatable bonds is 6. The van der Waals surface area contributed by atoms with E-state index in [1.165, 1.54) is 5.56 Å². The summed E-state index contributed by atoms with van der Waals surface area (Å²) in [5, 5.41) is 12.0. The van der Waals surface area contributed by atoms with Crippen molar-refractivity contribution in [2.75, 3.05) is 13.1 Å². The Hall–Kier alpha value is -1.88. The SMILES string of the molecule is CCN(CC(=O)O)C1CC(NC(=O)c2ccc(C(C)(C)C)cc2)C1. The molecule has 2 N–H and O–H groups in total. The first-order chi connectivity index (χ1) is 11.2. The molecule has 0 aromatic heterocycles. The van der Waals surface area contributed by atoms with E-state index in [1.807, 2.05) is 36.1 Å². The van der Waals surface area contributed by atoms with Crippen molar-refractivity contribution in [2.45, 2.75) is 58.0 Å². The van der Waals surface area contributed by atoms with Crippen LogP contribution in [0, 0.1) is 0 Å². The molecular formula is C19H28N2O3. The highest BCUT2D eigenvalue weighted by atomic mass is 16.4. The monoisotopic (exact) mass is 332 g/mol. The lowest BCUT2D eigenvalue weighted by molar-refractivity contribution is -0.139. The summed E-state index contributed by atoms with van der Waals surface area (Å²) in [5.41, 5.74) is 1.95. The Morgan fingerprint density at radius 3 is 2.25 bits per heavy atom. The molecule has 1 aromatic carbocycles. The normalized spacial score (nSPS) is 20.5. The van der Waals surface area contributed by atoms with Crippen LogP contribution >= 0.6 is 0 Å². The van der Waals surface area contributed by atoms with Crippen LogP contribution in [0.5, 0.6) is 0 Å². The van der Waals surface area contributed by atoms with Crippen LogP contribution in [-0.4, -0.2) is 47.1 Å². The molecule has 0 bridgehead atoms. The predicted molar refractivity (Wildman–Crippen MR) is 94.3 cm³/mol. The van der Waals surface area contributed by atoms with Crippen LogP contribution in [-0.2, 0) is 10.2 Å². The number of likely N-dealkylation sites (N-methyl/N-ethyl adjacent to an activating group) is 1. The zero-order valence-corrected chi connectivity index (χ0v) is 15.0. The zero-order chi connectivity index (χ0) is 17.9.